The Labute approximate surface area is 286 Å². The summed E-state index contributed by atoms with van der Waals surface area (Å²) in [5.41, 5.74) is 8.55. The van der Waals surface area contributed by atoms with E-state index in [4.69, 9.17) is 9.40 Å². The second kappa shape index (κ2) is 11.2. The van der Waals surface area contributed by atoms with Crippen LogP contribution in [0, 0.1) is 0 Å². The number of fused-ring (bicyclic) bond motifs is 8. The molecule has 3 nitrogen and oxygen atoms in total. The predicted molar refractivity (Wildman–Crippen MR) is 207 cm³/mol. The Balaban J connectivity index is 1.11. The highest BCUT2D eigenvalue weighted by Crippen LogP contribution is 2.42. The van der Waals surface area contributed by atoms with Crippen molar-refractivity contribution in [2.24, 2.45) is 0 Å². The van der Waals surface area contributed by atoms with Crippen LogP contribution in [0.5, 0.6) is 0 Å². The van der Waals surface area contributed by atoms with Crippen LogP contribution >= 0.6 is 11.3 Å². The number of thiophene rings is 1. The topological polar surface area (TPSA) is 29.3 Å². The SMILES string of the molecule is c1ccc(-c2ccc(N(c3ccc(-c4cccc5c4sc4ccccc45)cc3)c3cc4oc5c6ccccc6ccc5c4cn3)cc2)cc1. The average Bonchev–Trinajstić information content (AvgIpc) is 3.74. The Hall–Kier alpha value is -6.23. The maximum absolute atomic E-state index is 6.58. The minimum absolute atomic E-state index is 0.794. The standard InChI is InChI=1S/C45H28N2OS/c1-2-9-29(10-3-1)30-17-22-33(23-18-30)47(43-27-41-40(28-46-43)38-26-21-31-11-4-5-12-35(31)44(38)48-41)34-24-19-32(20-25-34)36-14-8-15-39-37-13-6-7-16-42(37)49-45(36)39/h1-28H. The first-order valence-electron chi connectivity index (χ1n) is 16.4. The zero-order valence-corrected chi connectivity index (χ0v) is 27.2. The lowest BCUT2D eigenvalue weighted by Gasteiger charge is -2.24. The van der Waals surface area contributed by atoms with Crippen LogP contribution in [0.1, 0.15) is 0 Å². The van der Waals surface area contributed by atoms with Gasteiger partial charge in [0.1, 0.15) is 17.0 Å². The lowest BCUT2D eigenvalue weighted by molar-refractivity contribution is 0.672. The minimum Gasteiger partial charge on any atom is -0.455 e. The maximum Gasteiger partial charge on any atom is 0.143 e. The molecule has 0 N–H and O–H groups in total. The first kappa shape index (κ1) is 27.8. The second-order valence-electron chi connectivity index (χ2n) is 12.4. The molecule has 0 amide bonds. The molecule has 0 radical (unpaired) electrons. The first-order chi connectivity index (χ1) is 24.3. The van der Waals surface area contributed by atoms with Gasteiger partial charge in [-0.15, -0.1) is 11.3 Å². The van der Waals surface area contributed by atoms with Crippen molar-refractivity contribution in [3.63, 3.8) is 0 Å². The summed E-state index contributed by atoms with van der Waals surface area (Å²) in [4.78, 5) is 7.27. The Bertz CT molecular complexity index is 2810. The van der Waals surface area contributed by atoms with E-state index in [1.165, 1.54) is 42.4 Å². The number of furan rings is 1. The van der Waals surface area contributed by atoms with E-state index in [0.717, 1.165) is 49.9 Å². The van der Waals surface area contributed by atoms with E-state index in [1.807, 2.05) is 23.6 Å². The minimum atomic E-state index is 0.794. The predicted octanol–water partition coefficient (Wildman–Crippen LogP) is 13.3. The number of pyridine rings is 1. The van der Waals surface area contributed by atoms with E-state index in [2.05, 4.69) is 163 Å². The Morgan fingerprint density at radius 3 is 1.98 bits per heavy atom. The fraction of sp³-hybridized carbons (Fsp3) is 0. The van der Waals surface area contributed by atoms with Crippen LogP contribution in [0.3, 0.4) is 0 Å². The fourth-order valence-corrected chi connectivity index (χ4v) is 8.36. The molecule has 10 aromatic rings. The molecule has 0 unspecified atom stereocenters. The highest BCUT2D eigenvalue weighted by molar-refractivity contribution is 7.26. The van der Waals surface area contributed by atoms with Gasteiger partial charge in [-0.2, -0.15) is 0 Å². The lowest BCUT2D eigenvalue weighted by atomic mass is 10.0. The molecular weight excluding hydrogens is 617 g/mol. The molecule has 7 aromatic carbocycles. The molecule has 0 saturated carbocycles. The zero-order chi connectivity index (χ0) is 32.3. The molecule has 3 aromatic heterocycles. The fourth-order valence-electron chi connectivity index (χ4n) is 7.12. The molecule has 3 heterocycles. The van der Waals surface area contributed by atoms with Crippen LogP contribution in [0.2, 0.25) is 0 Å². The van der Waals surface area contributed by atoms with Crippen molar-refractivity contribution in [1.29, 1.82) is 0 Å². The molecule has 0 atom stereocenters. The summed E-state index contributed by atoms with van der Waals surface area (Å²) in [6.07, 6.45) is 1.95. The third-order valence-corrected chi connectivity index (χ3v) is 10.8. The van der Waals surface area contributed by atoms with Crippen LogP contribution in [-0.4, -0.2) is 4.98 Å². The molecule has 0 spiro atoms. The summed E-state index contributed by atoms with van der Waals surface area (Å²) in [5.74, 6) is 0.794. The summed E-state index contributed by atoms with van der Waals surface area (Å²) in [7, 11) is 0. The largest absolute Gasteiger partial charge is 0.455 e. The second-order valence-corrected chi connectivity index (χ2v) is 13.4. The van der Waals surface area contributed by atoms with Crippen molar-refractivity contribution in [3.8, 4) is 22.3 Å². The van der Waals surface area contributed by atoms with E-state index in [1.54, 1.807) is 0 Å². The van der Waals surface area contributed by atoms with Crippen LogP contribution in [0.4, 0.5) is 17.2 Å². The summed E-state index contributed by atoms with van der Waals surface area (Å²) in [6.45, 7) is 0. The Morgan fingerprint density at radius 2 is 1.16 bits per heavy atom. The van der Waals surface area contributed by atoms with Gasteiger partial charge < -0.3 is 4.42 Å². The normalized spacial score (nSPS) is 11.7. The monoisotopic (exact) mass is 644 g/mol. The highest BCUT2D eigenvalue weighted by atomic mass is 32.1. The molecule has 0 bridgehead atoms. The van der Waals surface area contributed by atoms with Gasteiger partial charge in [-0.25, -0.2) is 4.98 Å². The molecule has 0 aliphatic carbocycles. The molecule has 0 fully saturated rings. The number of hydrogen-bond acceptors (Lipinski definition) is 4. The quantitative estimate of drug-likeness (QED) is 0.187. The summed E-state index contributed by atoms with van der Waals surface area (Å²) in [5, 5.41) is 6.97. The van der Waals surface area contributed by atoms with Gasteiger partial charge >= 0.3 is 0 Å². The van der Waals surface area contributed by atoms with Crippen molar-refractivity contribution in [1.82, 2.24) is 4.98 Å². The lowest BCUT2D eigenvalue weighted by Crippen LogP contribution is -2.11. The van der Waals surface area contributed by atoms with E-state index in [-0.39, 0.29) is 0 Å². The number of anilines is 3. The summed E-state index contributed by atoms with van der Waals surface area (Å²) in [6, 6.07) is 58.1. The zero-order valence-electron chi connectivity index (χ0n) is 26.4. The van der Waals surface area contributed by atoms with Gasteiger partial charge in [-0.3, -0.25) is 4.90 Å². The number of benzene rings is 7. The molecule has 230 valence electrons. The number of aromatic nitrogens is 1. The van der Waals surface area contributed by atoms with Gasteiger partial charge in [0.25, 0.3) is 0 Å². The van der Waals surface area contributed by atoms with Crippen LogP contribution < -0.4 is 4.90 Å². The van der Waals surface area contributed by atoms with Crippen molar-refractivity contribution < 1.29 is 4.42 Å². The van der Waals surface area contributed by atoms with Crippen molar-refractivity contribution in [2.75, 3.05) is 4.90 Å². The average molecular weight is 645 g/mol. The molecule has 10 rings (SSSR count). The van der Waals surface area contributed by atoms with Crippen molar-refractivity contribution in [3.05, 3.63) is 170 Å². The summed E-state index contributed by atoms with van der Waals surface area (Å²) < 4.78 is 9.21. The Morgan fingerprint density at radius 1 is 0.490 bits per heavy atom. The van der Waals surface area contributed by atoms with E-state index in [0.29, 0.717) is 0 Å². The van der Waals surface area contributed by atoms with Gasteiger partial charge in [0.2, 0.25) is 0 Å². The van der Waals surface area contributed by atoms with E-state index in [9.17, 15) is 0 Å². The third-order valence-electron chi connectivity index (χ3n) is 9.54. The van der Waals surface area contributed by atoms with Gasteiger partial charge in [-0.05, 0) is 64.0 Å². The number of hydrogen-bond donors (Lipinski definition) is 0. The molecule has 4 heteroatoms. The van der Waals surface area contributed by atoms with Crippen molar-refractivity contribution in [2.45, 2.75) is 0 Å². The summed E-state index contributed by atoms with van der Waals surface area (Å²) >= 11 is 1.86. The first-order valence-corrected chi connectivity index (χ1v) is 17.3. The molecule has 0 aliphatic rings. The van der Waals surface area contributed by atoms with Crippen molar-refractivity contribution >= 4 is 81.4 Å². The Kier molecular flexibility index (Phi) is 6.36. The van der Waals surface area contributed by atoms with Crippen LogP contribution in [0.15, 0.2) is 174 Å². The van der Waals surface area contributed by atoms with Crippen LogP contribution in [-0.2, 0) is 0 Å². The third kappa shape index (κ3) is 4.61. The number of rotatable bonds is 5. The van der Waals surface area contributed by atoms with Gasteiger partial charge in [-0.1, -0.05) is 121 Å². The molecule has 0 aliphatic heterocycles. The maximum atomic E-state index is 6.58. The molecule has 49 heavy (non-hydrogen) atoms. The van der Waals surface area contributed by atoms with Gasteiger partial charge in [0.15, 0.2) is 0 Å². The van der Waals surface area contributed by atoms with Gasteiger partial charge in [0, 0.05) is 60.0 Å². The smallest absolute Gasteiger partial charge is 0.143 e. The van der Waals surface area contributed by atoms with Gasteiger partial charge in [0.05, 0.1) is 0 Å². The van der Waals surface area contributed by atoms with E-state index < -0.39 is 0 Å². The highest BCUT2D eigenvalue weighted by Gasteiger charge is 2.19. The van der Waals surface area contributed by atoms with E-state index >= 15 is 0 Å². The molecular formula is C45H28N2OS. The number of nitrogens with zero attached hydrogens (tertiary/aromatic N) is 2. The van der Waals surface area contributed by atoms with Crippen LogP contribution in [0.25, 0.3) is 75.1 Å². The molecule has 0 saturated heterocycles.